The van der Waals surface area contributed by atoms with Gasteiger partial charge in [-0.1, -0.05) is 15.9 Å². The van der Waals surface area contributed by atoms with Crippen LogP contribution in [0, 0.1) is 15.9 Å². The average molecular weight is 355 g/mol. The summed E-state index contributed by atoms with van der Waals surface area (Å²) in [6, 6.07) is 7.08. The Kier molecular flexibility index (Phi) is 4.18. The van der Waals surface area contributed by atoms with Gasteiger partial charge in [-0.25, -0.2) is 4.39 Å². The molecule has 8 heteroatoms. The van der Waals surface area contributed by atoms with E-state index < -0.39 is 22.3 Å². The second-order valence-electron chi connectivity index (χ2n) is 4.04. The second-order valence-corrected chi connectivity index (χ2v) is 4.95. The maximum absolute atomic E-state index is 13.7. The molecule has 0 fully saturated rings. The first-order valence-electron chi connectivity index (χ1n) is 5.62. The van der Waals surface area contributed by atoms with E-state index in [-0.39, 0.29) is 17.0 Å². The second kappa shape index (κ2) is 5.88. The van der Waals surface area contributed by atoms with Crippen LogP contribution in [0.4, 0.5) is 15.8 Å². The molecular weight excluding hydrogens is 347 g/mol. The summed E-state index contributed by atoms with van der Waals surface area (Å²) in [7, 11) is 0. The molecule has 2 rings (SSSR count). The summed E-state index contributed by atoms with van der Waals surface area (Å²) < 4.78 is 14.1. The number of rotatable bonds is 3. The van der Waals surface area contributed by atoms with Gasteiger partial charge in [0.15, 0.2) is 0 Å². The van der Waals surface area contributed by atoms with E-state index >= 15 is 0 Å². The van der Waals surface area contributed by atoms with Crippen LogP contribution in [0.15, 0.2) is 40.9 Å². The predicted molar refractivity (Wildman–Crippen MR) is 76.8 cm³/mol. The Labute approximate surface area is 126 Å². The summed E-state index contributed by atoms with van der Waals surface area (Å²) in [4.78, 5) is 22.1. The number of carbonyl (C=O) groups excluding carboxylic acids is 1. The normalized spacial score (nSPS) is 10.2. The summed E-state index contributed by atoms with van der Waals surface area (Å²) >= 11 is 3.06. The molecule has 0 aliphatic rings. The maximum Gasteiger partial charge on any atom is 0.296 e. The molecule has 0 spiro atoms. The minimum absolute atomic E-state index is 0.134. The molecule has 0 aliphatic heterocycles. The van der Waals surface area contributed by atoms with Crippen molar-refractivity contribution >= 4 is 33.2 Å². The van der Waals surface area contributed by atoms with Crippen molar-refractivity contribution in [2.45, 2.75) is 0 Å². The number of phenolic OH excluding ortho intramolecular Hbond substituents is 1. The van der Waals surface area contributed by atoms with Crippen LogP contribution in [-0.2, 0) is 0 Å². The molecule has 2 aromatic carbocycles. The number of halogens is 2. The Balaban J connectivity index is 2.34. The van der Waals surface area contributed by atoms with E-state index in [1.807, 2.05) is 0 Å². The van der Waals surface area contributed by atoms with Gasteiger partial charge in [0.25, 0.3) is 11.6 Å². The van der Waals surface area contributed by atoms with Crippen LogP contribution in [0.2, 0.25) is 0 Å². The molecule has 0 unspecified atom stereocenters. The lowest BCUT2D eigenvalue weighted by molar-refractivity contribution is -0.384. The molecule has 1 amide bonds. The highest BCUT2D eigenvalue weighted by Crippen LogP contribution is 2.29. The van der Waals surface area contributed by atoms with Gasteiger partial charge < -0.3 is 10.4 Å². The summed E-state index contributed by atoms with van der Waals surface area (Å²) in [6.45, 7) is 0. The number of hydrogen-bond acceptors (Lipinski definition) is 4. The molecule has 0 saturated heterocycles. The third-order valence-electron chi connectivity index (χ3n) is 2.60. The van der Waals surface area contributed by atoms with Gasteiger partial charge >= 0.3 is 0 Å². The van der Waals surface area contributed by atoms with E-state index in [9.17, 15) is 24.4 Å². The Hall–Kier alpha value is -2.48. The van der Waals surface area contributed by atoms with Crippen molar-refractivity contribution < 1.29 is 19.2 Å². The van der Waals surface area contributed by atoms with E-state index in [1.54, 1.807) is 0 Å². The van der Waals surface area contributed by atoms with Gasteiger partial charge in [0.1, 0.15) is 17.3 Å². The van der Waals surface area contributed by atoms with Crippen molar-refractivity contribution in [1.29, 1.82) is 0 Å². The van der Waals surface area contributed by atoms with Gasteiger partial charge in [0.2, 0.25) is 0 Å². The number of amides is 1. The quantitative estimate of drug-likeness (QED) is 0.501. The fraction of sp³-hybridized carbons (Fsp3) is 0. The molecule has 0 atom stereocenters. The summed E-state index contributed by atoms with van der Waals surface area (Å²) in [6.07, 6.45) is 0. The van der Waals surface area contributed by atoms with E-state index in [4.69, 9.17) is 0 Å². The lowest BCUT2D eigenvalue weighted by Gasteiger charge is -2.07. The molecule has 2 aromatic rings. The van der Waals surface area contributed by atoms with Gasteiger partial charge in [0.05, 0.1) is 16.6 Å². The Bertz CT molecular complexity index is 736. The molecule has 2 N–H and O–H groups in total. The highest BCUT2D eigenvalue weighted by atomic mass is 79.9. The van der Waals surface area contributed by atoms with Gasteiger partial charge in [-0.05, 0) is 30.3 Å². The molecular formula is C13H8BrFN2O4. The van der Waals surface area contributed by atoms with Crippen LogP contribution in [0.3, 0.4) is 0 Å². The van der Waals surface area contributed by atoms with Crippen molar-refractivity contribution in [3.05, 3.63) is 62.4 Å². The zero-order chi connectivity index (χ0) is 15.6. The molecule has 21 heavy (non-hydrogen) atoms. The number of hydrogen-bond donors (Lipinski definition) is 2. The first kappa shape index (κ1) is 14.9. The van der Waals surface area contributed by atoms with E-state index in [0.717, 1.165) is 12.1 Å². The molecule has 6 nitrogen and oxygen atoms in total. The summed E-state index contributed by atoms with van der Waals surface area (Å²) in [5.74, 6) is -1.90. The first-order chi connectivity index (χ1) is 9.88. The molecule has 0 bridgehead atoms. The van der Waals surface area contributed by atoms with Crippen molar-refractivity contribution in [2.75, 3.05) is 5.32 Å². The molecule has 0 heterocycles. The highest BCUT2D eigenvalue weighted by Gasteiger charge is 2.19. The minimum Gasteiger partial charge on any atom is -0.508 e. The highest BCUT2D eigenvalue weighted by molar-refractivity contribution is 9.10. The monoisotopic (exact) mass is 354 g/mol. The number of aromatic hydroxyl groups is 1. The predicted octanol–water partition coefficient (Wildman–Crippen LogP) is 3.45. The van der Waals surface area contributed by atoms with E-state index in [1.165, 1.54) is 24.3 Å². The van der Waals surface area contributed by atoms with Crippen molar-refractivity contribution in [2.24, 2.45) is 0 Å². The Morgan fingerprint density at radius 2 is 2.00 bits per heavy atom. The fourth-order valence-electron chi connectivity index (χ4n) is 1.64. The largest absolute Gasteiger partial charge is 0.508 e. The maximum atomic E-state index is 13.7. The third-order valence-corrected chi connectivity index (χ3v) is 3.10. The van der Waals surface area contributed by atoms with Crippen molar-refractivity contribution in [1.82, 2.24) is 0 Å². The molecule has 108 valence electrons. The van der Waals surface area contributed by atoms with Crippen LogP contribution in [-0.4, -0.2) is 15.9 Å². The molecule has 0 saturated carbocycles. The standard InChI is InChI=1S/C13H8BrFN2O4/c14-7-1-3-9(10(15)5-7)13(19)16-11-4-2-8(18)6-12(11)17(20)21/h1-6,18H,(H,16,19). The number of anilines is 1. The molecule has 0 aliphatic carbocycles. The van der Waals surface area contributed by atoms with Crippen LogP contribution < -0.4 is 5.32 Å². The Morgan fingerprint density at radius 3 is 2.62 bits per heavy atom. The molecule has 0 aromatic heterocycles. The average Bonchev–Trinajstić information content (AvgIpc) is 2.40. The van der Waals surface area contributed by atoms with Crippen LogP contribution in [0.1, 0.15) is 10.4 Å². The number of benzene rings is 2. The number of phenols is 1. The van der Waals surface area contributed by atoms with Crippen LogP contribution in [0.5, 0.6) is 5.75 Å². The fourth-order valence-corrected chi connectivity index (χ4v) is 1.97. The number of nitro groups is 1. The van der Waals surface area contributed by atoms with Crippen molar-refractivity contribution in [3.8, 4) is 5.75 Å². The number of nitrogens with zero attached hydrogens (tertiary/aromatic N) is 1. The van der Waals surface area contributed by atoms with E-state index in [0.29, 0.717) is 4.47 Å². The van der Waals surface area contributed by atoms with Crippen molar-refractivity contribution in [3.63, 3.8) is 0 Å². The zero-order valence-corrected chi connectivity index (χ0v) is 11.9. The van der Waals surface area contributed by atoms with Crippen LogP contribution >= 0.6 is 15.9 Å². The smallest absolute Gasteiger partial charge is 0.296 e. The lowest BCUT2D eigenvalue weighted by Crippen LogP contribution is -2.14. The lowest BCUT2D eigenvalue weighted by atomic mass is 10.2. The summed E-state index contributed by atoms with van der Waals surface area (Å²) in [5.41, 5.74) is -0.869. The number of nitrogens with one attached hydrogen (secondary N) is 1. The first-order valence-corrected chi connectivity index (χ1v) is 6.41. The van der Waals surface area contributed by atoms with Crippen LogP contribution in [0.25, 0.3) is 0 Å². The Morgan fingerprint density at radius 1 is 1.29 bits per heavy atom. The van der Waals surface area contributed by atoms with Gasteiger partial charge in [0, 0.05) is 4.47 Å². The van der Waals surface area contributed by atoms with Gasteiger partial charge in [-0.3, -0.25) is 14.9 Å². The zero-order valence-electron chi connectivity index (χ0n) is 10.3. The SMILES string of the molecule is O=C(Nc1ccc(O)cc1[N+](=O)[O-])c1ccc(Br)cc1F. The van der Waals surface area contributed by atoms with Gasteiger partial charge in [-0.2, -0.15) is 0 Å². The summed E-state index contributed by atoms with van der Waals surface area (Å²) in [5, 5.41) is 22.3. The minimum atomic E-state index is -0.825. The van der Waals surface area contributed by atoms with Gasteiger partial charge in [-0.15, -0.1) is 0 Å². The topological polar surface area (TPSA) is 92.5 Å². The van der Waals surface area contributed by atoms with E-state index in [2.05, 4.69) is 21.2 Å². The molecule has 0 radical (unpaired) electrons. The number of nitro benzene ring substituents is 1. The third kappa shape index (κ3) is 3.34. The number of carbonyl (C=O) groups is 1.